The van der Waals surface area contributed by atoms with Gasteiger partial charge in [-0.3, -0.25) is 24.0 Å². The van der Waals surface area contributed by atoms with Crippen LogP contribution in [0.2, 0.25) is 0 Å². The molecule has 4 amide bonds. The summed E-state index contributed by atoms with van der Waals surface area (Å²) in [7, 11) is 0. The lowest BCUT2D eigenvalue weighted by Crippen LogP contribution is -2.57. The third-order valence-electron chi connectivity index (χ3n) is 6.37. The topological polar surface area (TPSA) is 247 Å². The molecule has 0 radical (unpaired) electrons. The van der Waals surface area contributed by atoms with Gasteiger partial charge in [0, 0.05) is 29.9 Å². The van der Waals surface area contributed by atoms with Crippen molar-refractivity contribution in [3.05, 3.63) is 36.0 Å². The number of aromatic nitrogens is 1. The minimum absolute atomic E-state index is 0.111. The molecule has 0 bridgehead atoms. The molecule has 0 aliphatic rings. The first-order valence-electron chi connectivity index (χ1n) is 13.2. The number of nitrogens with two attached hydrogens (primary N) is 2. The van der Waals surface area contributed by atoms with Crippen molar-refractivity contribution in [1.82, 2.24) is 20.9 Å². The Bertz CT molecular complexity index is 1260. The summed E-state index contributed by atoms with van der Waals surface area (Å²) >= 11 is 0. The largest absolute Gasteiger partial charge is 0.481 e. The zero-order chi connectivity index (χ0) is 30.7. The van der Waals surface area contributed by atoms with Gasteiger partial charge in [-0.2, -0.15) is 0 Å². The molecule has 224 valence electrons. The third kappa shape index (κ3) is 10.6. The predicted molar refractivity (Wildman–Crippen MR) is 148 cm³/mol. The molecule has 0 saturated heterocycles. The highest BCUT2D eigenvalue weighted by molar-refractivity contribution is 5.94. The molecular weight excluding hydrogens is 536 g/mol. The second-order valence-electron chi connectivity index (χ2n) is 10.3. The number of aliphatic carboxylic acids is 2. The molecule has 0 aliphatic carbocycles. The minimum Gasteiger partial charge on any atom is -0.481 e. The fourth-order valence-electron chi connectivity index (χ4n) is 4.24. The van der Waals surface area contributed by atoms with Crippen LogP contribution >= 0.6 is 0 Å². The Morgan fingerprint density at radius 1 is 0.854 bits per heavy atom. The number of carboxylic acids is 2. The van der Waals surface area contributed by atoms with E-state index in [0.717, 1.165) is 16.5 Å². The number of carbonyl (C=O) groups is 6. The molecule has 14 nitrogen and oxygen atoms in total. The number of aromatic amines is 1. The summed E-state index contributed by atoms with van der Waals surface area (Å²) in [4.78, 5) is 76.1. The van der Waals surface area contributed by atoms with Gasteiger partial charge in [0.2, 0.25) is 23.6 Å². The number of carbonyl (C=O) groups excluding carboxylic acids is 4. The molecule has 4 unspecified atom stereocenters. The number of benzene rings is 1. The van der Waals surface area contributed by atoms with Gasteiger partial charge in [-0.15, -0.1) is 0 Å². The Morgan fingerprint density at radius 2 is 1.44 bits per heavy atom. The van der Waals surface area contributed by atoms with Gasteiger partial charge in [0.15, 0.2) is 0 Å². The number of rotatable bonds is 17. The predicted octanol–water partition coefficient (Wildman–Crippen LogP) is -0.247. The highest BCUT2D eigenvalue weighted by Gasteiger charge is 2.31. The Hall–Kier alpha value is -4.46. The molecule has 14 heteroatoms. The van der Waals surface area contributed by atoms with E-state index in [4.69, 9.17) is 16.6 Å². The molecule has 0 fully saturated rings. The van der Waals surface area contributed by atoms with E-state index >= 15 is 0 Å². The third-order valence-corrected chi connectivity index (χ3v) is 6.37. The maximum atomic E-state index is 13.2. The van der Waals surface area contributed by atoms with Gasteiger partial charge in [0.1, 0.15) is 18.1 Å². The SMILES string of the molecule is CC(C)CC(NC(=O)C(CCC(=O)O)NC(=O)C(N)Cc1c[nH]c2ccccc12)C(=O)NC(CCC(N)=O)C(=O)O. The summed E-state index contributed by atoms with van der Waals surface area (Å²) < 4.78 is 0. The number of carboxylic acid groups (broad SMARTS) is 2. The van der Waals surface area contributed by atoms with Crippen molar-refractivity contribution in [2.75, 3.05) is 0 Å². The first kappa shape index (κ1) is 32.8. The Morgan fingerprint density at radius 3 is 2.05 bits per heavy atom. The van der Waals surface area contributed by atoms with Gasteiger partial charge in [0.05, 0.1) is 6.04 Å². The molecular formula is C27H38N6O8. The van der Waals surface area contributed by atoms with E-state index in [1.807, 2.05) is 24.3 Å². The number of para-hydroxylation sites is 1. The van der Waals surface area contributed by atoms with Crippen molar-refractivity contribution < 1.29 is 39.0 Å². The second-order valence-corrected chi connectivity index (χ2v) is 10.3. The van der Waals surface area contributed by atoms with Crippen LogP contribution in [0.25, 0.3) is 10.9 Å². The minimum atomic E-state index is -1.42. The Balaban J connectivity index is 2.15. The Labute approximate surface area is 236 Å². The van der Waals surface area contributed by atoms with Crippen molar-refractivity contribution >= 4 is 46.5 Å². The average molecular weight is 575 g/mol. The summed E-state index contributed by atoms with van der Waals surface area (Å²) in [6, 6.07) is 2.42. The van der Waals surface area contributed by atoms with Crippen LogP contribution in [0.5, 0.6) is 0 Å². The molecule has 1 heterocycles. The van der Waals surface area contributed by atoms with E-state index in [1.54, 1.807) is 20.0 Å². The quantitative estimate of drug-likeness (QED) is 0.124. The van der Waals surface area contributed by atoms with Crippen LogP contribution in [-0.2, 0) is 35.2 Å². The summed E-state index contributed by atoms with van der Waals surface area (Å²) in [6.45, 7) is 3.56. The van der Waals surface area contributed by atoms with Crippen LogP contribution in [0.1, 0.15) is 51.5 Å². The molecule has 4 atom stereocenters. The zero-order valence-corrected chi connectivity index (χ0v) is 23.0. The smallest absolute Gasteiger partial charge is 0.326 e. The number of primary amides is 1. The first-order chi connectivity index (χ1) is 19.3. The van der Waals surface area contributed by atoms with E-state index in [1.165, 1.54) is 0 Å². The molecule has 0 aliphatic heterocycles. The van der Waals surface area contributed by atoms with Crippen LogP contribution in [0.3, 0.4) is 0 Å². The van der Waals surface area contributed by atoms with Crippen LogP contribution < -0.4 is 27.4 Å². The summed E-state index contributed by atoms with van der Waals surface area (Å²) in [5.74, 6) is -5.77. The van der Waals surface area contributed by atoms with Gasteiger partial charge < -0.3 is 42.6 Å². The highest BCUT2D eigenvalue weighted by atomic mass is 16.4. The van der Waals surface area contributed by atoms with Crippen molar-refractivity contribution in [3.63, 3.8) is 0 Å². The lowest BCUT2D eigenvalue weighted by atomic mass is 10.0. The van der Waals surface area contributed by atoms with Crippen molar-refractivity contribution in [2.45, 2.75) is 76.5 Å². The highest BCUT2D eigenvalue weighted by Crippen LogP contribution is 2.19. The number of hydrogen-bond acceptors (Lipinski definition) is 7. The van der Waals surface area contributed by atoms with Gasteiger partial charge in [-0.25, -0.2) is 4.79 Å². The Kier molecular flexibility index (Phi) is 12.3. The molecule has 0 saturated carbocycles. The standard InChI is InChI=1S/C27H38N6O8/c1-14(2)11-21(26(39)32-20(27(40)41)7-9-22(29)34)33-25(38)19(8-10-23(35)36)31-24(37)17(28)12-15-13-30-18-6-4-3-5-16(15)18/h3-6,13-14,17,19-21,30H,7-12,28H2,1-2H3,(H2,29,34)(H,31,37)(H,32,39)(H,33,38)(H,35,36)(H,40,41). The van der Waals surface area contributed by atoms with E-state index < -0.39 is 66.2 Å². The number of hydrogen-bond donors (Lipinski definition) is 8. The van der Waals surface area contributed by atoms with Crippen LogP contribution in [0, 0.1) is 5.92 Å². The lowest BCUT2D eigenvalue weighted by molar-refractivity contribution is -0.142. The molecule has 1 aromatic heterocycles. The van der Waals surface area contributed by atoms with E-state index in [9.17, 15) is 33.9 Å². The molecule has 2 rings (SSSR count). The van der Waals surface area contributed by atoms with Gasteiger partial charge in [-0.05, 0) is 43.2 Å². The van der Waals surface area contributed by atoms with Gasteiger partial charge >= 0.3 is 11.9 Å². The maximum absolute atomic E-state index is 13.2. The average Bonchev–Trinajstić information content (AvgIpc) is 3.30. The molecule has 1 aromatic carbocycles. The van der Waals surface area contributed by atoms with Crippen molar-refractivity contribution in [1.29, 1.82) is 0 Å². The molecule has 41 heavy (non-hydrogen) atoms. The van der Waals surface area contributed by atoms with Crippen molar-refractivity contribution in [2.24, 2.45) is 17.4 Å². The van der Waals surface area contributed by atoms with Crippen LogP contribution in [0.15, 0.2) is 30.5 Å². The van der Waals surface area contributed by atoms with Crippen LogP contribution in [-0.4, -0.2) is 74.9 Å². The summed E-state index contributed by atoms with van der Waals surface area (Å²) in [5, 5.41) is 26.8. The van der Waals surface area contributed by atoms with E-state index in [-0.39, 0.29) is 38.0 Å². The monoisotopic (exact) mass is 574 g/mol. The molecule has 0 spiro atoms. The van der Waals surface area contributed by atoms with E-state index in [2.05, 4.69) is 20.9 Å². The first-order valence-corrected chi connectivity index (χ1v) is 13.2. The zero-order valence-electron chi connectivity index (χ0n) is 23.0. The second kappa shape index (κ2) is 15.4. The summed E-state index contributed by atoms with van der Waals surface area (Å²) in [5.41, 5.74) is 12.9. The van der Waals surface area contributed by atoms with Crippen LogP contribution in [0.4, 0.5) is 0 Å². The van der Waals surface area contributed by atoms with E-state index in [0.29, 0.717) is 0 Å². The summed E-state index contributed by atoms with van der Waals surface area (Å²) in [6.07, 6.45) is 0.730. The fourth-order valence-corrected chi connectivity index (χ4v) is 4.24. The van der Waals surface area contributed by atoms with Gasteiger partial charge in [-0.1, -0.05) is 32.0 Å². The number of H-pyrrole nitrogens is 1. The van der Waals surface area contributed by atoms with Crippen molar-refractivity contribution in [3.8, 4) is 0 Å². The number of fused-ring (bicyclic) bond motifs is 1. The number of nitrogens with one attached hydrogen (secondary N) is 4. The lowest BCUT2D eigenvalue weighted by Gasteiger charge is -2.26. The number of amides is 4. The molecule has 2 aromatic rings. The molecule has 10 N–H and O–H groups in total. The fraction of sp³-hybridized carbons (Fsp3) is 0.481. The van der Waals surface area contributed by atoms with Gasteiger partial charge in [0.25, 0.3) is 0 Å². The normalized spacial score (nSPS) is 14.0. The maximum Gasteiger partial charge on any atom is 0.326 e.